The second-order valence-corrected chi connectivity index (χ2v) is 3.57. The van der Waals surface area contributed by atoms with E-state index in [0.29, 0.717) is 5.56 Å². The molecular weight excluding hydrogens is 223 g/mol. The van der Waals surface area contributed by atoms with Crippen LogP contribution in [-0.2, 0) is 4.79 Å². The second kappa shape index (κ2) is 4.26. The van der Waals surface area contributed by atoms with Gasteiger partial charge in [-0.05, 0) is 18.2 Å². The van der Waals surface area contributed by atoms with Gasteiger partial charge in [0.15, 0.2) is 0 Å². The predicted octanol–water partition coefficient (Wildman–Crippen LogP) is 1.25. The Labute approximate surface area is 97.4 Å². The molecular formula is C12H9FN2O2. The van der Waals surface area contributed by atoms with Crippen LogP contribution >= 0.6 is 0 Å². The summed E-state index contributed by atoms with van der Waals surface area (Å²) in [5.41, 5.74) is 0.522. The van der Waals surface area contributed by atoms with Crippen LogP contribution in [0.25, 0.3) is 0 Å². The average molecular weight is 232 g/mol. The Morgan fingerprint density at radius 3 is 2.76 bits per heavy atom. The van der Waals surface area contributed by atoms with E-state index in [1.54, 1.807) is 6.07 Å². The van der Waals surface area contributed by atoms with Crippen molar-refractivity contribution in [2.75, 3.05) is 11.4 Å². The summed E-state index contributed by atoms with van der Waals surface area (Å²) in [6.07, 6.45) is 5.29. The number of nitrogens with one attached hydrogen (secondary N) is 1. The van der Waals surface area contributed by atoms with E-state index < -0.39 is 11.8 Å². The lowest BCUT2D eigenvalue weighted by Crippen LogP contribution is -2.49. The van der Waals surface area contributed by atoms with Crippen LogP contribution < -0.4 is 10.2 Å². The van der Waals surface area contributed by atoms with Gasteiger partial charge in [0.25, 0.3) is 0 Å². The van der Waals surface area contributed by atoms with Crippen LogP contribution in [0.1, 0.15) is 12.0 Å². The highest BCUT2D eigenvalue weighted by Gasteiger charge is 2.26. The highest BCUT2D eigenvalue weighted by atomic mass is 19.1. The van der Waals surface area contributed by atoms with E-state index in [-0.39, 0.29) is 24.6 Å². The van der Waals surface area contributed by atoms with E-state index in [4.69, 9.17) is 6.42 Å². The molecule has 1 aromatic rings. The van der Waals surface area contributed by atoms with Crippen LogP contribution in [0, 0.1) is 18.2 Å². The summed E-state index contributed by atoms with van der Waals surface area (Å²) in [5.74, 6) is 1.37. The Hall–Kier alpha value is -2.35. The molecule has 0 aliphatic carbocycles. The van der Waals surface area contributed by atoms with Gasteiger partial charge in [-0.3, -0.25) is 15.0 Å². The first-order valence-electron chi connectivity index (χ1n) is 4.99. The van der Waals surface area contributed by atoms with Gasteiger partial charge >= 0.3 is 6.03 Å². The maximum Gasteiger partial charge on any atom is 0.328 e. The molecule has 0 spiro atoms. The molecule has 86 valence electrons. The third kappa shape index (κ3) is 2.11. The first kappa shape index (κ1) is 11.1. The quantitative estimate of drug-likeness (QED) is 0.741. The summed E-state index contributed by atoms with van der Waals surface area (Å²) in [5, 5.41) is 2.12. The lowest BCUT2D eigenvalue weighted by atomic mass is 10.1. The van der Waals surface area contributed by atoms with E-state index in [9.17, 15) is 14.0 Å². The molecule has 0 bridgehead atoms. The van der Waals surface area contributed by atoms with Gasteiger partial charge in [0, 0.05) is 18.5 Å². The van der Waals surface area contributed by atoms with Crippen molar-refractivity contribution in [3.63, 3.8) is 0 Å². The van der Waals surface area contributed by atoms with Crippen LogP contribution in [0.5, 0.6) is 0 Å². The fourth-order valence-corrected chi connectivity index (χ4v) is 1.61. The number of carbonyl (C=O) groups is 2. The lowest BCUT2D eigenvalue weighted by molar-refractivity contribution is -0.120. The summed E-state index contributed by atoms with van der Waals surface area (Å²) in [4.78, 5) is 23.6. The van der Waals surface area contributed by atoms with Gasteiger partial charge in [0.1, 0.15) is 5.82 Å². The number of hydrogen-bond acceptors (Lipinski definition) is 2. The molecule has 0 unspecified atom stereocenters. The Kier molecular flexibility index (Phi) is 2.79. The van der Waals surface area contributed by atoms with Crippen molar-refractivity contribution in [1.29, 1.82) is 0 Å². The SMILES string of the molecule is C#Cc1ccc(N2CCC(=O)NC2=O)c(F)c1. The molecule has 0 atom stereocenters. The van der Waals surface area contributed by atoms with Crippen LogP contribution in [-0.4, -0.2) is 18.5 Å². The normalized spacial score (nSPS) is 15.4. The molecule has 0 radical (unpaired) electrons. The highest BCUT2D eigenvalue weighted by molar-refractivity contribution is 6.05. The molecule has 0 saturated carbocycles. The number of imide groups is 1. The van der Waals surface area contributed by atoms with Crippen LogP contribution in [0.4, 0.5) is 14.9 Å². The number of rotatable bonds is 1. The van der Waals surface area contributed by atoms with Gasteiger partial charge in [0.2, 0.25) is 5.91 Å². The Morgan fingerprint density at radius 2 is 2.18 bits per heavy atom. The largest absolute Gasteiger partial charge is 0.328 e. The third-order valence-corrected chi connectivity index (χ3v) is 2.46. The fourth-order valence-electron chi connectivity index (χ4n) is 1.61. The summed E-state index contributed by atoms with van der Waals surface area (Å²) in [6, 6.07) is 3.54. The van der Waals surface area contributed by atoms with Gasteiger partial charge in [-0.25, -0.2) is 9.18 Å². The van der Waals surface area contributed by atoms with E-state index in [2.05, 4.69) is 11.2 Å². The zero-order chi connectivity index (χ0) is 12.4. The monoisotopic (exact) mass is 232 g/mol. The van der Waals surface area contributed by atoms with E-state index in [1.807, 2.05) is 0 Å². The van der Waals surface area contributed by atoms with Crippen molar-refractivity contribution in [2.45, 2.75) is 6.42 Å². The zero-order valence-electron chi connectivity index (χ0n) is 8.87. The number of urea groups is 1. The molecule has 1 aromatic carbocycles. The Morgan fingerprint density at radius 1 is 1.41 bits per heavy atom. The van der Waals surface area contributed by atoms with Crippen LogP contribution in [0.15, 0.2) is 18.2 Å². The van der Waals surface area contributed by atoms with Crippen LogP contribution in [0.2, 0.25) is 0 Å². The summed E-state index contributed by atoms with van der Waals surface area (Å²) in [7, 11) is 0. The Bertz CT molecular complexity index is 534. The van der Waals surface area contributed by atoms with E-state index in [1.165, 1.54) is 17.0 Å². The molecule has 4 nitrogen and oxygen atoms in total. The van der Waals surface area contributed by atoms with E-state index >= 15 is 0 Å². The minimum Gasteiger partial charge on any atom is -0.291 e. The smallest absolute Gasteiger partial charge is 0.291 e. The van der Waals surface area contributed by atoms with Crippen molar-refractivity contribution in [3.8, 4) is 12.3 Å². The number of anilines is 1. The maximum atomic E-state index is 13.7. The summed E-state index contributed by atoms with van der Waals surface area (Å²) >= 11 is 0. The standard InChI is InChI=1S/C12H9FN2O2/c1-2-8-3-4-10(9(13)7-8)15-6-5-11(16)14-12(15)17/h1,3-4,7H,5-6H2,(H,14,16,17). The molecule has 1 heterocycles. The lowest BCUT2D eigenvalue weighted by Gasteiger charge is -2.26. The summed E-state index contributed by atoms with van der Waals surface area (Å²) in [6.45, 7) is 0.164. The molecule has 0 aromatic heterocycles. The first-order valence-corrected chi connectivity index (χ1v) is 4.99. The van der Waals surface area contributed by atoms with Crippen molar-refractivity contribution in [2.24, 2.45) is 0 Å². The molecule has 17 heavy (non-hydrogen) atoms. The number of benzene rings is 1. The number of halogens is 1. The van der Waals surface area contributed by atoms with Crippen LogP contribution in [0.3, 0.4) is 0 Å². The maximum absolute atomic E-state index is 13.7. The molecule has 5 heteroatoms. The highest BCUT2D eigenvalue weighted by Crippen LogP contribution is 2.22. The fraction of sp³-hybridized carbons (Fsp3) is 0.167. The molecule has 3 amide bonds. The minimum atomic E-state index is -0.617. The number of hydrogen-bond donors (Lipinski definition) is 1. The van der Waals surface area contributed by atoms with Crippen molar-refractivity contribution in [1.82, 2.24) is 5.32 Å². The van der Waals surface area contributed by atoms with Gasteiger partial charge in [-0.1, -0.05) is 5.92 Å². The molecule has 2 rings (SSSR count). The molecule has 1 saturated heterocycles. The molecule has 1 N–H and O–H groups in total. The van der Waals surface area contributed by atoms with Gasteiger partial charge in [-0.15, -0.1) is 6.42 Å². The number of carbonyl (C=O) groups excluding carboxylic acids is 2. The predicted molar refractivity (Wildman–Crippen MR) is 59.8 cm³/mol. The van der Waals surface area contributed by atoms with E-state index in [0.717, 1.165) is 0 Å². The topological polar surface area (TPSA) is 49.4 Å². The number of terminal acetylenes is 1. The first-order chi connectivity index (χ1) is 8.11. The van der Waals surface area contributed by atoms with Crippen molar-refractivity contribution < 1.29 is 14.0 Å². The second-order valence-electron chi connectivity index (χ2n) is 3.57. The zero-order valence-corrected chi connectivity index (χ0v) is 8.87. The third-order valence-electron chi connectivity index (χ3n) is 2.46. The Balaban J connectivity index is 2.32. The molecule has 1 aliphatic rings. The number of amides is 3. The van der Waals surface area contributed by atoms with Crippen molar-refractivity contribution in [3.05, 3.63) is 29.6 Å². The minimum absolute atomic E-state index is 0.119. The van der Waals surface area contributed by atoms with Gasteiger partial charge in [-0.2, -0.15) is 0 Å². The number of nitrogens with zero attached hydrogens (tertiary/aromatic N) is 1. The van der Waals surface area contributed by atoms with Crippen molar-refractivity contribution >= 4 is 17.6 Å². The summed E-state index contributed by atoms with van der Waals surface area (Å²) < 4.78 is 13.7. The molecule has 1 aliphatic heterocycles. The van der Waals surface area contributed by atoms with Gasteiger partial charge < -0.3 is 0 Å². The van der Waals surface area contributed by atoms with Gasteiger partial charge in [0.05, 0.1) is 5.69 Å². The average Bonchev–Trinajstić information content (AvgIpc) is 2.30. The molecule has 1 fully saturated rings.